The third kappa shape index (κ3) is 7.22. The van der Waals surface area contributed by atoms with Crippen LogP contribution in [0.2, 0.25) is 0 Å². The molecule has 2 aliphatic carbocycles. The van der Waals surface area contributed by atoms with E-state index in [0.29, 0.717) is 29.3 Å². The predicted molar refractivity (Wildman–Crippen MR) is 175 cm³/mol. The van der Waals surface area contributed by atoms with Crippen LogP contribution in [-0.2, 0) is 32.0 Å². The number of nitrogens with zero attached hydrogens (tertiary/aromatic N) is 6. The number of imidazole rings is 1. The molecule has 4 heterocycles. The number of esters is 1. The molecule has 6 rings (SSSR count). The molecule has 270 valence electrons. The van der Waals surface area contributed by atoms with Gasteiger partial charge in [-0.3, -0.25) is 19.1 Å². The highest BCUT2D eigenvalue weighted by molar-refractivity contribution is 6.08. The fourth-order valence-electron chi connectivity index (χ4n) is 7.43. The molecular weight excluding hydrogens is 652 g/mol. The van der Waals surface area contributed by atoms with Gasteiger partial charge in [0, 0.05) is 38.5 Å². The van der Waals surface area contributed by atoms with Crippen LogP contribution in [0.1, 0.15) is 101 Å². The van der Waals surface area contributed by atoms with Crippen molar-refractivity contribution in [1.82, 2.24) is 34.6 Å². The molecule has 13 nitrogen and oxygen atoms in total. The van der Waals surface area contributed by atoms with Crippen LogP contribution in [0, 0.1) is 23.2 Å². The molecule has 50 heavy (non-hydrogen) atoms. The lowest BCUT2D eigenvalue weighted by Crippen LogP contribution is -2.59. The predicted octanol–water partition coefficient (Wildman–Crippen LogP) is 5.14. The Morgan fingerprint density at radius 2 is 1.80 bits per heavy atom. The average molecular weight is 698 g/mol. The Kier molecular flexibility index (Phi) is 9.46. The fraction of sp³-hybridized carbons (Fsp3) is 0.629. The highest BCUT2D eigenvalue weighted by Crippen LogP contribution is 2.48. The average Bonchev–Trinajstić information content (AvgIpc) is 3.64. The minimum atomic E-state index is -2.76. The van der Waals surface area contributed by atoms with Gasteiger partial charge in [0.05, 0.1) is 30.7 Å². The molecule has 1 saturated heterocycles. The van der Waals surface area contributed by atoms with E-state index in [-0.39, 0.29) is 62.8 Å². The lowest BCUT2D eigenvalue weighted by molar-refractivity contribution is -0.168. The fourth-order valence-corrected chi connectivity index (χ4v) is 7.43. The molecule has 1 N–H and O–H groups in total. The van der Waals surface area contributed by atoms with Crippen molar-refractivity contribution in [2.24, 2.45) is 23.2 Å². The number of likely N-dealkylation sites (tertiary alicyclic amines) is 1. The molecule has 3 fully saturated rings. The van der Waals surface area contributed by atoms with Gasteiger partial charge in [-0.15, -0.1) is 0 Å². The second-order valence-corrected chi connectivity index (χ2v) is 14.9. The summed E-state index contributed by atoms with van der Waals surface area (Å²) in [5, 5.41) is 11.9. The van der Waals surface area contributed by atoms with E-state index >= 15 is 0 Å². The highest BCUT2D eigenvalue weighted by atomic mass is 19.3. The zero-order valence-electron chi connectivity index (χ0n) is 29.2. The topological polar surface area (TPSA) is 150 Å². The van der Waals surface area contributed by atoms with Gasteiger partial charge in [-0.05, 0) is 95.8 Å². The van der Waals surface area contributed by atoms with Crippen LogP contribution in [-0.4, -0.2) is 78.3 Å². The number of hydrogen-bond acceptors (Lipinski definition) is 9. The smallest absolute Gasteiger partial charge is 0.417 e. The van der Waals surface area contributed by atoms with Gasteiger partial charge in [-0.25, -0.2) is 28.0 Å². The van der Waals surface area contributed by atoms with E-state index in [0.717, 1.165) is 17.7 Å². The number of halogens is 2. The number of aromatic nitrogens is 5. The first-order chi connectivity index (χ1) is 23.6. The first-order valence-electron chi connectivity index (χ1n) is 17.3. The van der Waals surface area contributed by atoms with E-state index in [2.05, 4.69) is 10.4 Å². The number of piperidine rings is 1. The summed E-state index contributed by atoms with van der Waals surface area (Å²) in [6.45, 7) is 7.64. The summed E-state index contributed by atoms with van der Waals surface area (Å²) in [6, 6.07) is 4.27. The number of ether oxygens (including phenoxy) is 2. The maximum atomic E-state index is 14.2. The van der Waals surface area contributed by atoms with Crippen molar-refractivity contribution in [1.29, 1.82) is 0 Å². The zero-order chi connectivity index (χ0) is 36.0. The Hall–Kier alpha value is -4.43. The molecule has 0 radical (unpaired) electrons. The number of hydrogen-bond donors (Lipinski definition) is 1. The van der Waals surface area contributed by atoms with Crippen molar-refractivity contribution >= 4 is 29.5 Å². The van der Waals surface area contributed by atoms with Crippen molar-refractivity contribution in [3.05, 3.63) is 47.7 Å². The summed E-state index contributed by atoms with van der Waals surface area (Å²) in [7, 11) is 1.22. The molecule has 2 saturated carbocycles. The van der Waals surface area contributed by atoms with Crippen LogP contribution in [0.5, 0.6) is 0 Å². The number of amides is 3. The van der Waals surface area contributed by atoms with Gasteiger partial charge in [0.1, 0.15) is 11.3 Å². The normalized spacial score (nSPS) is 23.5. The number of fused-ring (bicyclic) bond motifs is 1. The molecule has 3 atom stereocenters. The minimum absolute atomic E-state index is 0.112. The second-order valence-electron chi connectivity index (χ2n) is 14.9. The molecule has 1 aliphatic heterocycles. The van der Waals surface area contributed by atoms with E-state index in [1.807, 2.05) is 6.92 Å². The third-order valence-electron chi connectivity index (χ3n) is 10.1. The van der Waals surface area contributed by atoms with Crippen molar-refractivity contribution in [3.63, 3.8) is 0 Å². The van der Waals surface area contributed by atoms with Gasteiger partial charge in [0.15, 0.2) is 11.1 Å². The number of imide groups is 1. The lowest BCUT2D eigenvalue weighted by atomic mass is 9.70. The molecule has 3 aromatic heterocycles. The number of carbonyl (C=O) groups is 4. The van der Waals surface area contributed by atoms with Gasteiger partial charge in [-0.2, -0.15) is 10.2 Å². The summed E-state index contributed by atoms with van der Waals surface area (Å²) in [6.07, 6.45) is 4.11. The monoisotopic (exact) mass is 697 g/mol. The summed E-state index contributed by atoms with van der Waals surface area (Å²) >= 11 is 0. The van der Waals surface area contributed by atoms with Crippen LogP contribution in [0.3, 0.4) is 0 Å². The van der Waals surface area contributed by atoms with E-state index in [1.54, 1.807) is 49.8 Å². The molecule has 0 spiro atoms. The Labute approximate surface area is 289 Å². The molecular formula is C35H45F2N7O6. The largest absolute Gasteiger partial charge is 0.468 e. The van der Waals surface area contributed by atoms with E-state index in [4.69, 9.17) is 19.6 Å². The minimum Gasteiger partial charge on any atom is -0.468 e. The molecule has 15 heteroatoms. The first kappa shape index (κ1) is 35.4. The number of alkyl halides is 2. The molecule has 3 amide bonds. The molecule has 3 unspecified atom stereocenters. The summed E-state index contributed by atoms with van der Waals surface area (Å²) in [5.74, 6) is -4.74. The Bertz CT molecular complexity index is 1770. The number of aryl methyl sites for hydroxylation is 1. The molecule has 0 aromatic carbocycles. The highest BCUT2D eigenvalue weighted by Gasteiger charge is 2.58. The van der Waals surface area contributed by atoms with Crippen molar-refractivity contribution in [2.75, 3.05) is 13.7 Å². The first-order valence-corrected chi connectivity index (χ1v) is 17.3. The van der Waals surface area contributed by atoms with Crippen LogP contribution in [0.4, 0.5) is 13.6 Å². The maximum Gasteiger partial charge on any atom is 0.417 e. The van der Waals surface area contributed by atoms with Crippen LogP contribution < -0.4 is 5.32 Å². The summed E-state index contributed by atoms with van der Waals surface area (Å²) in [5.41, 5.74) is -0.967. The van der Waals surface area contributed by atoms with Crippen molar-refractivity contribution in [3.8, 4) is 0 Å². The van der Waals surface area contributed by atoms with Crippen LogP contribution in [0.15, 0.2) is 30.6 Å². The third-order valence-corrected chi connectivity index (χ3v) is 10.1. The van der Waals surface area contributed by atoms with Crippen LogP contribution in [0.25, 0.3) is 5.65 Å². The van der Waals surface area contributed by atoms with Gasteiger partial charge < -0.3 is 14.8 Å². The van der Waals surface area contributed by atoms with Gasteiger partial charge >= 0.3 is 12.1 Å². The van der Waals surface area contributed by atoms with Gasteiger partial charge in [-0.1, -0.05) is 0 Å². The van der Waals surface area contributed by atoms with E-state index in [1.165, 1.54) is 17.8 Å². The standard InChI is InChI=1S/C35H45F2N7O6/c1-6-43-26(13-16-38-43)29(45)40-28(22-11-14-35(36,37)15-12-22)25-20-44-27(39-25)10-9-24(41-44)18-34(31(47)49-5)17-23(21-7-8-21)19-42(30(34)46)32(48)50-33(2,3)4/h9-10,13,16,20-23,28H,6-8,11-12,14-15,17-19H2,1-5H3,(H,40,45). The Balaban J connectivity index is 1.32. The van der Waals surface area contributed by atoms with Gasteiger partial charge in [0.2, 0.25) is 11.8 Å². The van der Waals surface area contributed by atoms with Crippen molar-refractivity contribution in [2.45, 2.75) is 103 Å². The quantitative estimate of drug-likeness (QED) is 0.237. The van der Waals surface area contributed by atoms with Crippen molar-refractivity contribution < 1.29 is 37.4 Å². The zero-order valence-corrected chi connectivity index (χ0v) is 29.2. The molecule has 3 aromatic rings. The van der Waals surface area contributed by atoms with Gasteiger partial charge in [0.25, 0.3) is 5.91 Å². The summed E-state index contributed by atoms with van der Waals surface area (Å²) in [4.78, 5) is 60.3. The van der Waals surface area contributed by atoms with Crippen LogP contribution >= 0.6 is 0 Å². The van der Waals surface area contributed by atoms with E-state index < -0.39 is 46.9 Å². The number of methoxy groups -OCH3 is 1. The molecule has 0 bridgehead atoms. The lowest BCUT2D eigenvalue weighted by Gasteiger charge is -2.42. The number of carbonyl (C=O) groups excluding carboxylic acids is 4. The molecule has 3 aliphatic rings. The van der Waals surface area contributed by atoms with E-state index in [9.17, 15) is 28.0 Å². The SMILES string of the molecule is CCn1nccc1C(=O)NC(c1cn2nc(CC3(C(=O)OC)CC(C4CC4)CN(C(=O)OC(C)(C)C)C3=O)ccc2n1)C1CCC(F)(F)CC1. The number of rotatable bonds is 9. The Morgan fingerprint density at radius 1 is 1.08 bits per heavy atom. The Morgan fingerprint density at radius 3 is 2.44 bits per heavy atom. The number of nitrogens with one attached hydrogen (secondary N) is 1. The summed E-state index contributed by atoms with van der Waals surface area (Å²) < 4.78 is 42.2. The maximum absolute atomic E-state index is 14.2. The second kappa shape index (κ2) is 13.4.